The van der Waals surface area contributed by atoms with Gasteiger partial charge in [-0.05, 0) is 38.8 Å². The Morgan fingerprint density at radius 2 is 2.10 bits per heavy atom. The van der Waals surface area contributed by atoms with E-state index in [-0.39, 0.29) is 6.09 Å². The number of methoxy groups -OCH3 is 1. The second kappa shape index (κ2) is 6.16. The number of carbonyl (C=O) groups is 1. The Labute approximate surface area is 125 Å². The Morgan fingerprint density at radius 3 is 2.76 bits per heavy atom. The van der Waals surface area contributed by atoms with Gasteiger partial charge in [0.05, 0.1) is 13.3 Å². The van der Waals surface area contributed by atoms with Crippen LogP contribution in [-0.2, 0) is 4.74 Å². The maximum absolute atomic E-state index is 12.1. The summed E-state index contributed by atoms with van der Waals surface area (Å²) in [6.07, 6.45) is 6.12. The van der Waals surface area contributed by atoms with Gasteiger partial charge in [0.25, 0.3) is 0 Å². The number of nitrogens with zero attached hydrogens (tertiary/aromatic N) is 2. The van der Waals surface area contributed by atoms with Crippen molar-refractivity contribution in [3.05, 3.63) is 30.1 Å². The van der Waals surface area contributed by atoms with Crippen molar-refractivity contribution in [1.29, 1.82) is 0 Å². The van der Waals surface area contributed by atoms with Crippen LogP contribution in [0.1, 0.15) is 32.8 Å². The minimum Gasteiger partial charge on any atom is -0.495 e. The molecule has 1 aliphatic rings. The molecule has 1 amide bonds. The first-order chi connectivity index (χ1) is 9.89. The van der Waals surface area contributed by atoms with Crippen LogP contribution < -0.4 is 4.74 Å². The molecule has 0 aliphatic carbocycles. The van der Waals surface area contributed by atoms with E-state index in [2.05, 4.69) is 11.1 Å². The van der Waals surface area contributed by atoms with Gasteiger partial charge in [-0.3, -0.25) is 4.98 Å². The highest BCUT2D eigenvalue weighted by molar-refractivity contribution is 5.75. The van der Waals surface area contributed by atoms with Gasteiger partial charge in [-0.1, -0.05) is 6.08 Å². The molecule has 1 aromatic rings. The van der Waals surface area contributed by atoms with Crippen molar-refractivity contribution in [3.8, 4) is 5.75 Å². The number of hydrogen-bond acceptors (Lipinski definition) is 4. The molecule has 0 saturated carbocycles. The topological polar surface area (TPSA) is 51.7 Å². The Balaban J connectivity index is 2.10. The number of hydrogen-bond donors (Lipinski definition) is 0. The van der Waals surface area contributed by atoms with Crippen LogP contribution in [-0.4, -0.2) is 41.8 Å². The summed E-state index contributed by atoms with van der Waals surface area (Å²) < 4.78 is 10.6. The monoisotopic (exact) mass is 290 g/mol. The molecule has 0 aromatic carbocycles. The van der Waals surface area contributed by atoms with Gasteiger partial charge in [0.2, 0.25) is 0 Å². The highest BCUT2D eigenvalue weighted by Gasteiger charge is 2.24. The first kappa shape index (κ1) is 15.4. The molecule has 114 valence electrons. The highest BCUT2D eigenvalue weighted by atomic mass is 16.6. The Hall–Kier alpha value is -2.04. The number of carbonyl (C=O) groups excluding carboxylic acids is 1. The van der Waals surface area contributed by atoms with Crippen LogP contribution >= 0.6 is 0 Å². The second-order valence-corrected chi connectivity index (χ2v) is 6.03. The molecule has 5 nitrogen and oxygen atoms in total. The van der Waals surface area contributed by atoms with Gasteiger partial charge in [-0.2, -0.15) is 0 Å². The van der Waals surface area contributed by atoms with Gasteiger partial charge in [-0.25, -0.2) is 4.79 Å². The van der Waals surface area contributed by atoms with Crippen LogP contribution in [0.5, 0.6) is 5.75 Å². The average molecular weight is 290 g/mol. The van der Waals surface area contributed by atoms with E-state index in [9.17, 15) is 4.79 Å². The summed E-state index contributed by atoms with van der Waals surface area (Å²) in [7, 11) is 1.61. The molecule has 0 fully saturated rings. The fourth-order valence-corrected chi connectivity index (χ4v) is 2.14. The smallest absolute Gasteiger partial charge is 0.410 e. The molecular weight excluding hydrogens is 268 g/mol. The van der Waals surface area contributed by atoms with Crippen molar-refractivity contribution >= 4 is 11.7 Å². The van der Waals surface area contributed by atoms with Crippen molar-refractivity contribution in [2.45, 2.75) is 32.8 Å². The van der Waals surface area contributed by atoms with Crippen LogP contribution in [0.2, 0.25) is 0 Å². The molecule has 21 heavy (non-hydrogen) atoms. The van der Waals surface area contributed by atoms with E-state index in [0.717, 1.165) is 17.6 Å². The molecular formula is C16H22N2O3. The van der Waals surface area contributed by atoms with Crippen molar-refractivity contribution in [1.82, 2.24) is 9.88 Å². The lowest BCUT2D eigenvalue weighted by Crippen LogP contribution is -2.39. The Kier molecular flexibility index (Phi) is 4.50. The number of pyridine rings is 1. The maximum atomic E-state index is 12.1. The van der Waals surface area contributed by atoms with Crippen LogP contribution in [0.4, 0.5) is 4.79 Å². The quantitative estimate of drug-likeness (QED) is 0.839. The summed E-state index contributed by atoms with van der Waals surface area (Å²) in [5, 5.41) is 0. The average Bonchev–Trinajstić information content (AvgIpc) is 2.46. The van der Waals surface area contributed by atoms with Crippen molar-refractivity contribution in [2.75, 3.05) is 20.2 Å². The maximum Gasteiger partial charge on any atom is 0.410 e. The minimum atomic E-state index is -0.476. The first-order valence-electron chi connectivity index (χ1n) is 7.05. The van der Waals surface area contributed by atoms with E-state index in [1.54, 1.807) is 24.4 Å². The van der Waals surface area contributed by atoms with Crippen molar-refractivity contribution < 1.29 is 14.3 Å². The molecule has 0 spiro atoms. The van der Waals surface area contributed by atoms with Crippen LogP contribution in [0, 0.1) is 0 Å². The molecule has 0 radical (unpaired) electrons. The molecule has 0 unspecified atom stereocenters. The first-order valence-corrected chi connectivity index (χ1v) is 7.05. The predicted molar refractivity (Wildman–Crippen MR) is 81.2 cm³/mol. The van der Waals surface area contributed by atoms with Gasteiger partial charge in [0.15, 0.2) is 0 Å². The van der Waals surface area contributed by atoms with E-state index in [0.29, 0.717) is 18.8 Å². The third-order valence-electron chi connectivity index (χ3n) is 3.12. The summed E-state index contributed by atoms with van der Waals surface area (Å²) in [6.45, 7) is 6.83. The molecule has 0 atom stereocenters. The molecule has 0 saturated heterocycles. The molecule has 0 N–H and O–H groups in total. The van der Waals surface area contributed by atoms with Gasteiger partial charge in [0, 0.05) is 24.8 Å². The number of amides is 1. The largest absolute Gasteiger partial charge is 0.495 e. The predicted octanol–water partition coefficient (Wildman–Crippen LogP) is 3.11. The molecule has 2 heterocycles. The molecule has 5 heteroatoms. The summed E-state index contributed by atoms with van der Waals surface area (Å²) >= 11 is 0. The Morgan fingerprint density at radius 1 is 1.33 bits per heavy atom. The normalized spacial score (nSPS) is 15.4. The van der Waals surface area contributed by atoms with E-state index in [1.165, 1.54) is 0 Å². The lowest BCUT2D eigenvalue weighted by Gasteiger charge is -2.30. The second-order valence-electron chi connectivity index (χ2n) is 6.03. The minimum absolute atomic E-state index is 0.274. The molecule has 1 aromatic heterocycles. The fraction of sp³-hybridized carbons (Fsp3) is 0.500. The molecule has 1 aliphatic heterocycles. The van der Waals surface area contributed by atoms with E-state index < -0.39 is 5.60 Å². The summed E-state index contributed by atoms with van der Waals surface area (Å²) in [5.74, 6) is 0.711. The van der Waals surface area contributed by atoms with Gasteiger partial charge >= 0.3 is 6.09 Å². The van der Waals surface area contributed by atoms with E-state index in [4.69, 9.17) is 9.47 Å². The highest BCUT2D eigenvalue weighted by Crippen LogP contribution is 2.24. The summed E-state index contributed by atoms with van der Waals surface area (Å²) in [4.78, 5) is 18.0. The van der Waals surface area contributed by atoms with E-state index >= 15 is 0 Å². The van der Waals surface area contributed by atoms with E-state index in [1.807, 2.05) is 26.8 Å². The Bertz CT molecular complexity index is 547. The zero-order valence-electron chi connectivity index (χ0n) is 13.0. The number of aromatic nitrogens is 1. The SMILES string of the molecule is COc1cncc(C2=CCCN(C(=O)OC(C)(C)C)C2)c1. The zero-order chi connectivity index (χ0) is 15.5. The fourth-order valence-electron chi connectivity index (χ4n) is 2.14. The van der Waals surface area contributed by atoms with Crippen LogP contribution in [0.3, 0.4) is 0 Å². The lowest BCUT2D eigenvalue weighted by molar-refractivity contribution is 0.0273. The van der Waals surface area contributed by atoms with Crippen LogP contribution in [0.25, 0.3) is 5.57 Å². The third-order valence-corrected chi connectivity index (χ3v) is 3.12. The van der Waals surface area contributed by atoms with Gasteiger partial charge in [-0.15, -0.1) is 0 Å². The molecule has 0 bridgehead atoms. The third kappa shape index (κ3) is 4.21. The number of rotatable bonds is 2. The standard InChI is InChI=1S/C16H22N2O3/c1-16(2,3)21-15(19)18-7-5-6-12(11-18)13-8-14(20-4)10-17-9-13/h6,8-10H,5,7,11H2,1-4H3. The number of ether oxygens (including phenoxy) is 2. The summed E-state index contributed by atoms with van der Waals surface area (Å²) in [6, 6.07) is 1.93. The lowest BCUT2D eigenvalue weighted by atomic mass is 10.0. The van der Waals surface area contributed by atoms with Crippen LogP contribution in [0.15, 0.2) is 24.5 Å². The van der Waals surface area contributed by atoms with Crippen molar-refractivity contribution in [3.63, 3.8) is 0 Å². The van der Waals surface area contributed by atoms with Gasteiger partial charge < -0.3 is 14.4 Å². The molecule has 2 rings (SSSR count). The van der Waals surface area contributed by atoms with Crippen molar-refractivity contribution in [2.24, 2.45) is 0 Å². The zero-order valence-corrected chi connectivity index (χ0v) is 13.0. The summed E-state index contributed by atoms with van der Waals surface area (Å²) in [5.41, 5.74) is 1.57. The van der Waals surface area contributed by atoms with Gasteiger partial charge in [0.1, 0.15) is 11.4 Å².